The second-order valence-corrected chi connectivity index (χ2v) is 7.55. The molecule has 23 heavy (non-hydrogen) atoms. The number of morpholine rings is 1. The molecule has 2 saturated heterocycles. The summed E-state index contributed by atoms with van der Waals surface area (Å²) in [5.41, 5.74) is 2.59. The van der Waals surface area contributed by atoms with Crippen LogP contribution in [-0.4, -0.2) is 53.2 Å². The van der Waals surface area contributed by atoms with Gasteiger partial charge in [-0.1, -0.05) is 30.3 Å². The van der Waals surface area contributed by atoms with E-state index in [4.69, 9.17) is 4.74 Å². The maximum atomic E-state index is 6.04. The number of benzene rings is 1. The normalized spacial score (nSPS) is 25.6. The van der Waals surface area contributed by atoms with Gasteiger partial charge in [0.1, 0.15) is 0 Å². The van der Waals surface area contributed by atoms with Crippen molar-refractivity contribution in [2.24, 2.45) is 0 Å². The summed E-state index contributed by atoms with van der Waals surface area (Å²) >= 11 is 1.74. The smallest absolute Gasteiger partial charge is 0.0897 e. The molecule has 2 aliphatic rings. The summed E-state index contributed by atoms with van der Waals surface area (Å²) in [4.78, 5) is 9.71. The molecule has 0 N–H and O–H groups in total. The van der Waals surface area contributed by atoms with E-state index < -0.39 is 0 Å². The zero-order valence-corrected chi connectivity index (χ0v) is 14.3. The van der Waals surface area contributed by atoms with E-state index in [1.165, 1.54) is 11.3 Å². The summed E-state index contributed by atoms with van der Waals surface area (Å²) in [5.74, 6) is 0. The molecule has 4 nitrogen and oxygen atoms in total. The average Bonchev–Trinajstić information content (AvgIpc) is 3.15. The van der Waals surface area contributed by atoms with Gasteiger partial charge in [-0.05, 0) is 12.5 Å². The van der Waals surface area contributed by atoms with Gasteiger partial charge in [0, 0.05) is 38.1 Å². The SMILES string of the molecule is Cc1nc(CN2CCO[C@H]3CN(Cc4ccccc4)C[C@H]32)cs1. The summed E-state index contributed by atoms with van der Waals surface area (Å²) < 4.78 is 6.04. The van der Waals surface area contributed by atoms with Gasteiger partial charge in [0.2, 0.25) is 0 Å². The lowest BCUT2D eigenvalue weighted by Gasteiger charge is -2.36. The van der Waals surface area contributed by atoms with E-state index in [1.807, 2.05) is 0 Å². The third-order valence-corrected chi connectivity index (χ3v) is 5.59. The lowest BCUT2D eigenvalue weighted by atomic mass is 10.1. The Labute approximate surface area is 141 Å². The standard InChI is InChI=1S/C18H23N3OS/c1-14-19-16(13-23-14)10-21-7-8-22-18-12-20(11-17(18)21)9-15-5-3-2-4-6-15/h2-6,13,17-18H,7-12H2,1H3/t17-,18+/m1/s1. The number of hydrogen-bond donors (Lipinski definition) is 0. The first-order valence-corrected chi connectivity index (χ1v) is 9.19. The maximum Gasteiger partial charge on any atom is 0.0897 e. The highest BCUT2D eigenvalue weighted by atomic mass is 32.1. The Morgan fingerprint density at radius 1 is 1.22 bits per heavy atom. The number of ether oxygens (including phenoxy) is 1. The lowest BCUT2D eigenvalue weighted by molar-refractivity contribution is -0.0507. The highest BCUT2D eigenvalue weighted by Crippen LogP contribution is 2.26. The number of hydrogen-bond acceptors (Lipinski definition) is 5. The van der Waals surface area contributed by atoms with Crippen LogP contribution in [-0.2, 0) is 17.8 Å². The van der Waals surface area contributed by atoms with E-state index in [0.717, 1.165) is 44.3 Å². The molecule has 2 aliphatic heterocycles. The monoisotopic (exact) mass is 329 g/mol. The van der Waals surface area contributed by atoms with Crippen LogP contribution in [0.15, 0.2) is 35.7 Å². The average molecular weight is 329 g/mol. The Morgan fingerprint density at radius 2 is 2.09 bits per heavy atom. The second kappa shape index (κ2) is 6.69. The summed E-state index contributed by atoms with van der Waals surface area (Å²) in [7, 11) is 0. The van der Waals surface area contributed by atoms with Gasteiger partial charge >= 0.3 is 0 Å². The van der Waals surface area contributed by atoms with Crippen LogP contribution in [0, 0.1) is 6.92 Å². The lowest BCUT2D eigenvalue weighted by Crippen LogP contribution is -2.50. The third-order valence-electron chi connectivity index (χ3n) is 4.77. The number of aryl methyl sites for hydroxylation is 1. The maximum absolute atomic E-state index is 6.04. The molecular formula is C18H23N3OS. The predicted octanol–water partition coefficient (Wildman–Crippen LogP) is 2.54. The Bertz CT molecular complexity index is 645. The van der Waals surface area contributed by atoms with Crippen LogP contribution in [0.1, 0.15) is 16.3 Å². The van der Waals surface area contributed by atoms with Gasteiger partial charge in [-0.2, -0.15) is 0 Å². The fourth-order valence-corrected chi connectivity index (χ4v) is 4.29. The zero-order valence-electron chi connectivity index (χ0n) is 13.5. The van der Waals surface area contributed by atoms with E-state index in [1.54, 1.807) is 11.3 Å². The van der Waals surface area contributed by atoms with E-state index in [9.17, 15) is 0 Å². The van der Waals surface area contributed by atoms with Crippen LogP contribution in [0.25, 0.3) is 0 Å². The minimum absolute atomic E-state index is 0.340. The van der Waals surface area contributed by atoms with Crippen molar-refractivity contribution in [1.29, 1.82) is 0 Å². The molecule has 0 amide bonds. The first kappa shape index (κ1) is 15.3. The molecule has 2 atom stereocenters. The highest BCUT2D eigenvalue weighted by molar-refractivity contribution is 7.09. The van der Waals surface area contributed by atoms with E-state index in [0.29, 0.717) is 12.1 Å². The number of aromatic nitrogens is 1. The summed E-state index contributed by atoms with van der Waals surface area (Å²) in [6.07, 6.45) is 0.340. The minimum atomic E-state index is 0.340. The van der Waals surface area contributed by atoms with Crippen LogP contribution in [0.5, 0.6) is 0 Å². The van der Waals surface area contributed by atoms with Gasteiger partial charge < -0.3 is 4.74 Å². The van der Waals surface area contributed by atoms with Gasteiger partial charge in [-0.25, -0.2) is 4.98 Å². The van der Waals surface area contributed by atoms with E-state index in [2.05, 4.69) is 57.4 Å². The van der Waals surface area contributed by atoms with Crippen molar-refractivity contribution in [3.8, 4) is 0 Å². The molecule has 0 radical (unpaired) electrons. The first-order chi connectivity index (χ1) is 11.3. The van der Waals surface area contributed by atoms with Crippen molar-refractivity contribution in [1.82, 2.24) is 14.8 Å². The predicted molar refractivity (Wildman–Crippen MR) is 92.5 cm³/mol. The molecule has 0 spiro atoms. The van der Waals surface area contributed by atoms with Crippen LogP contribution in [0.2, 0.25) is 0 Å². The van der Waals surface area contributed by atoms with Crippen molar-refractivity contribution >= 4 is 11.3 Å². The Balaban J connectivity index is 1.42. The molecule has 1 aromatic heterocycles. The first-order valence-electron chi connectivity index (χ1n) is 8.31. The molecule has 122 valence electrons. The van der Waals surface area contributed by atoms with Crippen molar-refractivity contribution in [3.05, 3.63) is 52.0 Å². The number of fused-ring (bicyclic) bond motifs is 1. The fourth-order valence-electron chi connectivity index (χ4n) is 3.69. The number of rotatable bonds is 4. The van der Waals surface area contributed by atoms with Crippen molar-refractivity contribution in [2.75, 3.05) is 26.2 Å². The summed E-state index contributed by atoms with van der Waals surface area (Å²) in [6.45, 7) is 8.01. The minimum Gasteiger partial charge on any atom is -0.374 e. The fraction of sp³-hybridized carbons (Fsp3) is 0.500. The van der Waals surface area contributed by atoms with Crippen LogP contribution in [0.4, 0.5) is 0 Å². The molecule has 5 heteroatoms. The molecule has 0 aliphatic carbocycles. The number of nitrogens with zero attached hydrogens (tertiary/aromatic N) is 3. The van der Waals surface area contributed by atoms with Gasteiger partial charge in [0.25, 0.3) is 0 Å². The number of thiazole rings is 1. The molecule has 2 aromatic rings. The third kappa shape index (κ3) is 3.48. The summed E-state index contributed by atoms with van der Waals surface area (Å²) in [5, 5.41) is 3.35. The molecule has 0 bridgehead atoms. The van der Waals surface area contributed by atoms with E-state index in [-0.39, 0.29) is 0 Å². The Morgan fingerprint density at radius 3 is 2.87 bits per heavy atom. The van der Waals surface area contributed by atoms with E-state index >= 15 is 0 Å². The van der Waals surface area contributed by atoms with Gasteiger partial charge in [-0.3, -0.25) is 9.80 Å². The number of likely N-dealkylation sites (tertiary alicyclic amines) is 1. The molecule has 1 aromatic carbocycles. The Kier molecular flexibility index (Phi) is 4.44. The van der Waals surface area contributed by atoms with Gasteiger partial charge in [0.05, 0.1) is 29.5 Å². The Hall–Kier alpha value is -1.27. The van der Waals surface area contributed by atoms with Crippen molar-refractivity contribution in [2.45, 2.75) is 32.2 Å². The topological polar surface area (TPSA) is 28.6 Å². The highest BCUT2D eigenvalue weighted by Gasteiger charge is 2.40. The molecule has 3 heterocycles. The van der Waals surface area contributed by atoms with Crippen LogP contribution in [0.3, 0.4) is 0 Å². The molecular weight excluding hydrogens is 306 g/mol. The van der Waals surface area contributed by atoms with Crippen molar-refractivity contribution in [3.63, 3.8) is 0 Å². The largest absolute Gasteiger partial charge is 0.374 e. The van der Waals surface area contributed by atoms with Gasteiger partial charge in [0.15, 0.2) is 0 Å². The molecule has 4 rings (SSSR count). The molecule has 0 saturated carbocycles. The zero-order chi connectivity index (χ0) is 15.6. The molecule has 2 fully saturated rings. The quantitative estimate of drug-likeness (QED) is 0.862. The van der Waals surface area contributed by atoms with Gasteiger partial charge in [-0.15, -0.1) is 11.3 Å². The van der Waals surface area contributed by atoms with Crippen LogP contribution < -0.4 is 0 Å². The van der Waals surface area contributed by atoms with Crippen LogP contribution >= 0.6 is 11.3 Å². The molecule has 0 unspecified atom stereocenters. The van der Waals surface area contributed by atoms with Crippen molar-refractivity contribution < 1.29 is 4.74 Å². The summed E-state index contributed by atoms with van der Waals surface area (Å²) in [6, 6.07) is 11.2. The second-order valence-electron chi connectivity index (χ2n) is 6.48.